The molecule has 0 aliphatic rings. The van der Waals surface area contributed by atoms with Crippen LogP contribution < -0.4 is 5.56 Å². The molecule has 0 saturated heterocycles. The summed E-state index contributed by atoms with van der Waals surface area (Å²) < 4.78 is 6.12. The van der Waals surface area contributed by atoms with Gasteiger partial charge in [0.25, 0.3) is 5.56 Å². The van der Waals surface area contributed by atoms with Crippen molar-refractivity contribution in [1.29, 1.82) is 0 Å². The number of aliphatic hydroxyl groups is 1. The summed E-state index contributed by atoms with van der Waals surface area (Å²) >= 11 is 5.10. The number of benzene rings is 1. The number of nitrogens with one attached hydrogen (secondary N) is 1. The highest BCUT2D eigenvalue weighted by Crippen LogP contribution is 2.11. The predicted molar refractivity (Wildman–Crippen MR) is 76.4 cm³/mol. The van der Waals surface area contributed by atoms with Gasteiger partial charge in [-0.1, -0.05) is 0 Å². The summed E-state index contributed by atoms with van der Waals surface area (Å²) in [5, 5.41) is 9.79. The Balaban J connectivity index is 2.67. The zero-order valence-corrected chi connectivity index (χ0v) is 11.9. The summed E-state index contributed by atoms with van der Waals surface area (Å²) in [6, 6.07) is 4.57. The normalized spacial score (nSPS) is 12.3. The Kier molecular flexibility index (Phi) is 4.01. The molecule has 0 aliphatic carbocycles. The van der Waals surface area contributed by atoms with Crippen LogP contribution in [0.3, 0.4) is 0 Å². The third-order valence-electron chi connectivity index (χ3n) is 2.85. The number of nitrogens with zero attached hydrogens (tertiary/aromatic N) is 1. The van der Waals surface area contributed by atoms with Crippen molar-refractivity contribution in [2.75, 3.05) is 7.11 Å². The van der Waals surface area contributed by atoms with Gasteiger partial charge in [-0.05, 0) is 37.3 Å². The van der Waals surface area contributed by atoms with Crippen molar-refractivity contribution in [3.63, 3.8) is 0 Å². The van der Waals surface area contributed by atoms with Crippen molar-refractivity contribution in [3.8, 4) is 0 Å². The number of ether oxygens (including phenoxy) is 1. The van der Waals surface area contributed by atoms with Crippen LogP contribution in [0, 0.1) is 4.77 Å². The molecule has 6 nitrogen and oxygen atoms in total. The Morgan fingerprint density at radius 3 is 2.85 bits per heavy atom. The maximum Gasteiger partial charge on any atom is 0.337 e. The van der Waals surface area contributed by atoms with Gasteiger partial charge in [-0.15, -0.1) is 0 Å². The predicted octanol–water partition coefficient (Wildman–Crippen LogP) is 1.23. The first-order valence-electron chi connectivity index (χ1n) is 5.97. The quantitative estimate of drug-likeness (QED) is 0.657. The summed E-state index contributed by atoms with van der Waals surface area (Å²) in [5.74, 6) is -0.487. The number of carbonyl (C=O) groups is 1. The Labute approximate surface area is 119 Å². The minimum Gasteiger partial charge on any atom is -0.465 e. The molecular weight excluding hydrogens is 280 g/mol. The first-order chi connectivity index (χ1) is 9.43. The van der Waals surface area contributed by atoms with Crippen LogP contribution in [0.1, 0.15) is 17.3 Å². The molecule has 0 radical (unpaired) electrons. The Bertz CT molecular complexity index is 776. The number of rotatable bonds is 3. The fourth-order valence-electron chi connectivity index (χ4n) is 1.93. The van der Waals surface area contributed by atoms with E-state index >= 15 is 0 Å². The number of hydrogen-bond acceptors (Lipinski definition) is 5. The average Bonchev–Trinajstić information content (AvgIpc) is 2.41. The van der Waals surface area contributed by atoms with E-state index in [9.17, 15) is 14.7 Å². The van der Waals surface area contributed by atoms with Gasteiger partial charge in [0.2, 0.25) is 0 Å². The maximum absolute atomic E-state index is 12.3. The largest absolute Gasteiger partial charge is 0.465 e. The van der Waals surface area contributed by atoms with Gasteiger partial charge in [-0.25, -0.2) is 4.79 Å². The zero-order valence-electron chi connectivity index (χ0n) is 11.0. The van der Waals surface area contributed by atoms with E-state index in [0.717, 1.165) is 0 Å². The fourth-order valence-corrected chi connectivity index (χ4v) is 2.20. The average molecular weight is 294 g/mol. The van der Waals surface area contributed by atoms with E-state index in [2.05, 4.69) is 9.72 Å². The van der Waals surface area contributed by atoms with Gasteiger partial charge in [0.15, 0.2) is 4.77 Å². The van der Waals surface area contributed by atoms with E-state index in [1.54, 1.807) is 6.92 Å². The monoisotopic (exact) mass is 294 g/mol. The van der Waals surface area contributed by atoms with E-state index in [4.69, 9.17) is 12.2 Å². The molecule has 1 heterocycles. The van der Waals surface area contributed by atoms with Crippen molar-refractivity contribution in [1.82, 2.24) is 9.55 Å². The molecule has 2 rings (SSSR count). The molecule has 2 N–H and O–H groups in total. The van der Waals surface area contributed by atoms with E-state index in [-0.39, 0.29) is 16.9 Å². The summed E-state index contributed by atoms with van der Waals surface area (Å²) in [6.45, 7) is 1.69. The van der Waals surface area contributed by atoms with Crippen molar-refractivity contribution in [2.24, 2.45) is 0 Å². The number of fused-ring (bicyclic) bond motifs is 1. The lowest BCUT2D eigenvalue weighted by Crippen LogP contribution is -2.27. The number of hydrogen-bond donors (Lipinski definition) is 2. The van der Waals surface area contributed by atoms with Gasteiger partial charge in [-0.3, -0.25) is 9.36 Å². The van der Waals surface area contributed by atoms with Crippen molar-refractivity contribution >= 4 is 29.1 Å². The topological polar surface area (TPSA) is 84.3 Å². The van der Waals surface area contributed by atoms with E-state index in [0.29, 0.717) is 16.5 Å². The fraction of sp³-hybridized carbons (Fsp3) is 0.308. The van der Waals surface area contributed by atoms with Crippen LogP contribution in [0.15, 0.2) is 23.0 Å². The standard InChI is InChI=1S/C13H14N2O4S/c1-7(16)6-15-11(17)9-4-3-8(12(18)19-2)5-10(9)14-13(15)20/h3-5,7,16H,6H2,1-2H3,(H,14,20)/t7-/m0/s1. The van der Waals surface area contributed by atoms with E-state index in [1.165, 1.54) is 29.9 Å². The molecule has 20 heavy (non-hydrogen) atoms. The van der Waals surface area contributed by atoms with Gasteiger partial charge in [0, 0.05) is 0 Å². The molecule has 106 valence electrons. The lowest BCUT2D eigenvalue weighted by atomic mass is 10.1. The van der Waals surface area contributed by atoms with Crippen LogP contribution >= 0.6 is 12.2 Å². The molecular formula is C13H14N2O4S. The first-order valence-corrected chi connectivity index (χ1v) is 6.38. The van der Waals surface area contributed by atoms with Gasteiger partial charge in [-0.2, -0.15) is 0 Å². The number of H-pyrrole nitrogens is 1. The lowest BCUT2D eigenvalue weighted by molar-refractivity contribution is 0.0601. The third-order valence-corrected chi connectivity index (χ3v) is 3.17. The summed E-state index contributed by atoms with van der Waals surface area (Å²) in [6.07, 6.45) is -0.686. The number of aromatic nitrogens is 2. The van der Waals surface area contributed by atoms with E-state index in [1.807, 2.05) is 0 Å². The van der Waals surface area contributed by atoms with Gasteiger partial charge >= 0.3 is 5.97 Å². The van der Waals surface area contributed by atoms with Crippen LogP contribution in [-0.4, -0.2) is 33.8 Å². The highest BCUT2D eigenvalue weighted by Gasteiger charge is 2.11. The molecule has 0 aliphatic heterocycles. The van der Waals surface area contributed by atoms with Gasteiger partial charge < -0.3 is 14.8 Å². The molecule has 0 bridgehead atoms. The minimum atomic E-state index is -0.686. The summed E-state index contributed by atoms with van der Waals surface area (Å²) in [5.41, 5.74) is 0.490. The number of esters is 1. The molecule has 7 heteroatoms. The van der Waals surface area contributed by atoms with Crippen LogP contribution in [0.25, 0.3) is 10.9 Å². The van der Waals surface area contributed by atoms with Crippen LogP contribution in [-0.2, 0) is 11.3 Å². The van der Waals surface area contributed by atoms with Crippen molar-refractivity contribution < 1.29 is 14.6 Å². The maximum atomic E-state index is 12.3. The van der Waals surface area contributed by atoms with Crippen molar-refractivity contribution in [3.05, 3.63) is 38.9 Å². The smallest absolute Gasteiger partial charge is 0.337 e. The highest BCUT2D eigenvalue weighted by molar-refractivity contribution is 7.71. The Hall–Kier alpha value is -1.99. The third kappa shape index (κ3) is 2.63. The Morgan fingerprint density at radius 1 is 1.55 bits per heavy atom. The number of carbonyl (C=O) groups excluding carboxylic acids is 1. The molecule has 0 saturated carbocycles. The van der Waals surface area contributed by atoms with Gasteiger partial charge in [0.05, 0.1) is 36.2 Å². The lowest BCUT2D eigenvalue weighted by Gasteiger charge is -2.10. The second kappa shape index (κ2) is 5.56. The molecule has 0 fully saturated rings. The number of methoxy groups -OCH3 is 1. The van der Waals surface area contributed by atoms with Crippen LogP contribution in [0.4, 0.5) is 0 Å². The van der Waals surface area contributed by atoms with Crippen LogP contribution in [0.5, 0.6) is 0 Å². The molecule has 2 aromatic rings. The first kappa shape index (κ1) is 14.4. The number of aromatic amines is 1. The highest BCUT2D eigenvalue weighted by atomic mass is 32.1. The van der Waals surface area contributed by atoms with Gasteiger partial charge in [0.1, 0.15) is 0 Å². The van der Waals surface area contributed by atoms with Crippen molar-refractivity contribution in [2.45, 2.75) is 19.6 Å². The second-order valence-electron chi connectivity index (χ2n) is 4.45. The van der Waals surface area contributed by atoms with Crippen LogP contribution in [0.2, 0.25) is 0 Å². The summed E-state index contributed by atoms with van der Waals surface area (Å²) in [7, 11) is 1.29. The molecule has 0 unspecified atom stereocenters. The molecule has 0 spiro atoms. The second-order valence-corrected chi connectivity index (χ2v) is 4.83. The molecule has 1 aromatic heterocycles. The minimum absolute atomic E-state index is 0.114. The number of aliphatic hydroxyl groups excluding tert-OH is 1. The summed E-state index contributed by atoms with van der Waals surface area (Å²) in [4.78, 5) is 26.6. The SMILES string of the molecule is COC(=O)c1ccc2c(=O)n(C[C@H](C)O)c(=S)[nH]c2c1. The zero-order chi connectivity index (χ0) is 14.9. The molecule has 1 aromatic carbocycles. The van der Waals surface area contributed by atoms with E-state index < -0.39 is 12.1 Å². The Morgan fingerprint density at radius 2 is 2.25 bits per heavy atom. The molecule has 0 amide bonds. The molecule has 1 atom stereocenters.